The minimum absolute atomic E-state index is 0.154. The second-order valence-corrected chi connectivity index (χ2v) is 7.50. The number of benzene rings is 1. The smallest absolute Gasteiger partial charge is 0.145 e. The van der Waals surface area contributed by atoms with Crippen molar-refractivity contribution in [1.29, 1.82) is 0 Å². The van der Waals surface area contributed by atoms with Crippen LogP contribution in [-0.4, -0.2) is 17.0 Å². The molecule has 1 nitrogen and oxygen atoms in total. The minimum Gasteiger partial charge on any atom is -0.309 e. The van der Waals surface area contributed by atoms with E-state index in [0.717, 1.165) is 18.6 Å². The summed E-state index contributed by atoms with van der Waals surface area (Å²) in [6.07, 6.45) is 2.07. The summed E-state index contributed by atoms with van der Waals surface area (Å²) in [7, 11) is 0. The fourth-order valence-corrected chi connectivity index (χ4v) is 4.42. The van der Waals surface area contributed by atoms with Gasteiger partial charge in [-0.1, -0.05) is 6.92 Å². The normalized spacial score (nSPS) is 24.7. The van der Waals surface area contributed by atoms with Crippen LogP contribution in [0.5, 0.6) is 0 Å². The van der Waals surface area contributed by atoms with Crippen molar-refractivity contribution in [3.8, 4) is 0 Å². The molecule has 2 unspecified atom stereocenters. The Morgan fingerprint density at radius 2 is 2.21 bits per heavy atom. The van der Waals surface area contributed by atoms with E-state index in [1.54, 1.807) is 11.8 Å². The van der Waals surface area contributed by atoms with Gasteiger partial charge in [0, 0.05) is 10.3 Å². The highest BCUT2D eigenvalue weighted by atomic mass is 79.9. The largest absolute Gasteiger partial charge is 0.309 e. The minimum atomic E-state index is -0.486. The van der Waals surface area contributed by atoms with E-state index in [2.05, 4.69) is 28.2 Å². The number of thioether (sulfide) groups is 1. The van der Waals surface area contributed by atoms with Crippen LogP contribution in [0, 0.1) is 11.6 Å². The Kier molecular flexibility index (Phi) is 4.90. The molecule has 1 saturated heterocycles. The first-order valence-corrected chi connectivity index (χ1v) is 8.28. The van der Waals surface area contributed by atoms with Crippen LogP contribution in [0.4, 0.5) is 8.78 Å². The topological polar surface area (TPSA) is 12.0 Å². The Morgan fingerprint density at radius 3 is 2.79 bits per heavy atom. The highest BCUT2D eigenvalue weighted by Gasteiger charge is 2.41. The van der Waals surface area contributed by atoms with E-state index < -0.39 is 11.6 Å². The molecule has 1 aromatic rings. The quantitative estimate of drug-likeness (QED) is 0.793. The average molecular weight is 350 g/mol. The van der Waals surface area contributed by atoms with Crippen LogP contribution in [0.3, 0.4) is 0 Å². The second kappa shape index (κ2) is 6.10. The van der Waals surface area contributed by atoms with E-state index in [-0.39, 0.29) is 16.4 Å². The molecule has 1 N–H and O–H groups in total. The lowest BCUT2D eigenvalue weighted by molar-refractivity contribution is 0.389. The molecule has 2 rings (SSSR count). The second-order valence-electron chi connectivity index (χ2n) is 5.01. The first-order valence-electron chi connectivity index (χ1n) is 6.50. The molecule has 5 heteroatoms. The van der Waals surface area contributed by atoms with Crippen LogP contribution in [0.1, 0.15) is 38.3 Å². The van der Waals surface area contributed by atoms with Gasteiger partial charge < -0.3 is 5.32 Å². The van der Waals surface area contributed by atoms with Gasteiger partial charge in [0.2, 0.25) is 0 Å². The van der Waals surface area contributed by atoms with E-state index in [1.807, 2.05) is 6.92 Å². The molecule has 106 valence electrons. The maximum Gasteiger partial charge on any atom is 0.145 e. The van der Waals surface area contributed by atoms with E-state index in [0.29, 0.717) is 11.0 Å². The van der Waals surface area contributed by atoms with Crippen LogP contribution in [0.25, 0.3) is 0 Å². The summed E-state index contributed by atoms with van der Waals surface area (Å²) in [5.74, 6) is 0.0929. The molecule has 1 heterocycles. The van der Waals surface area contributed by atoms with Crippen LogP contribution < -0.4 is 5.32 Å². The molecule has 2 atom stereocenters. The van der Waals surface area contributed by atoms with Crippen molar-refractivity contribution in [3.63, 3.8) is 0 Å². The molecule has 1 aromatic carbocycles. The van der Waals surface area contributed by atoms with Crippen molar-refractivity contribution in [2.45, 2.75) is 37.5 Å². The van der Waals surface area contributed by atoms with Gasteiger partial charge in [-0.05, 0) is 60.1 Å². The van der Waals surface area contributed by atoms with Gasteiger partial charge in [0.15, 0.2) is 0 Å². The predicted molar refractivity (Wildman–Crippen MR) is 80.6 cm³/mol. The summed E-state index contributed by atoms with van der Waals surface area (Å²) in [5.41, 5.74) is 0.160. The van der Waals surface area contributed by atoms with Crippen molar-refractivity contribution < 1.29 is 8.78 Å². The van der Waals surface area contributed by atoms with Gasteiger partial charge in [-0.25, -0.2) is 8.78 Å². The highest BCUT2D eigenvalue weighted by molar-refractivity contribution is 9.10. The molecule has 1 aliphatic heterocycles. The molecule has 0 bridgehead atoms. The number of hydrogen-bond acceptors (Lipinski definition) is 2. The molecule has 0 aromatic heterocycles. The van der Waals surface area contributed by atoms with Gasteiger partial charge in [-0.2, -0.15) is 11.8 Å². The van der Waals surface area contributed by atoms with Crippen LogP contribution >= 0.6 is 27.7 Å². The SMILES string of the molecule is CCNC(c1c(F)ccc(Br)c1F)C1(C)CCCS1. The molecule has 1 fully saturated rings. The first kappa shape index (κ1) is 15.3. The fraction of sp³-hybridized carbons (Fsp3) is 0.571. The lowest BCUT2D eigenvalue weighted by Crippen LogP contribution is -2.38. The number of rotatable bonds is 4. The molecule has 19 heavy (non-hydrogen) atoms. The molecule has 1 aliphatic rings. The molecule has 0 amide bonds. The van der Waals surface area contributed by atoms with Crippen molar-refractivity contribution in [1.82, 2.24) is 5.32 Å². The van der Waals surface area contributed by atoms with Crippen molar-refractivity contribution in [3.05, 3.63) is 33.8 Å². The van der Waals surface area contributed by atoms with Gasteiger partial charge in [-0.3, -0.25) is 0 Å². The Labute approximate surface area is 125 Å². The van der Waals surface area contributed by atoms with E-state index in [4.69, 9.17) is 0 Å². The summed E-state index contributed by atoms with van der Waals surface area (Å²) in [6, 6.07) is 2.44. The molecular formula is C14H18BrF2NS. The lowest BCUT2D eigenvalue weighted by Gasteiger charge is -2.34. The van der Waals surface area contributed by atoms with Crippen LogP contribution in [0.2, 0.25) is 0 Å². The lowest BCUT2D eigenvalue weighted by atomic mass is 9.89. The van der Waals surface area contributed by atoms with Gasteiger partial charge in [0.25, 0.3) is 0 Å². The number of nitrogens with one attached hydrogen (secondary N) is 1. The Morgan fingerprint density at radius 1 is 1.47 bits per heavy atom. The fourth-order valence-electron chi connectivity index (χ4n) is 2.66. The van der Waals surface area contributed by atoms with E-state index in [1.165, 1.54) is 12.1 Å². The third-order valence-electron chi connectivity index (χ3n) is 3.64. The van der Waals surface area contributed by atoms with Gasteiger partial charge >= 0.3 is 0 Å². The Hall–Kier alpha value is -0.130. The highest BCUT2D eigenvalue weighted by Crippen LogP contribution is 2.48. The van der Waals surface area contributed by atoms with Crippen LogP contribution in [-0.2, 0) is 0 Å². The zero-order valence-electron chi connectivity index (χ0n) is 11.1. The average Bonchev–Trinajstić information content (AvgIpc) is 2.81. The van der Waals surface area contributed by atoms with Gasteiger partial charge in [0.05, 0.1) is 10.5 Å². The summed E-state index contributed by atoms with van der Waals surface area (Å²) in [6.45, 7) is 4.74. The van der Waals surface area contributed by atoms with Crippen molar-refractivity contribution >= 4 is 27.7 Å². The zero-order chi connectivity index (χ0) is 14.0. The Balaban J connectivity index is 2.47. The van der Waals surface area contributed by atoms with Crippen LogP contribution in [0.15, 0.2) is 16.6 Å². The third-order valence-corrected chi connectivity index (χ3v) is 5.84. The number of halogens is 3. The number of hydrogen-bond donors (Lipinski definition) is 1. The van der Waals surface area contributed by atoms with Gasteiger partial charge in [-0.15, -0.1) is 0 Å². The van der Waals surface area contributed by atoms with E-state index >= 15 is 0 Å². The summed E-state index contributed by atoms with van der Waals surface area (Å²) in [5, 5.41) is 3.27. The van der Waals surface area contributed by atoms with E-state index in [9.17, 15) is 8.78 Å². The maximum absolute atomic E-state index is 14.3. The monoisotopic (exact) mass is 349 g/mol. The predicted octanol–water partition coefficient (Wildman–Crippen LogP) is 4.66. The maximum atomic E-state index is 14.3. The molecular weight excluding hydrogens is 332 g/mol. The van der Waals surface area contributed by atoms with Gasteiger partial charge in [0.1, 0.15) is 11.6 Å². The summed E-state index contributed by atoms with van der Waals surface area (Å²) < 4.78 is 28.6. The van der Waals surface area contributed by atoms with Crippen molar-refractivity contribution in [2.75, 3.05) is 12.3 Å². The summed E-state index contributed by atoms with van der Waals surface area (Å²) >= 11 is 4.95. The Bertz CT molecular complexity index is 461. The first-order chi connectivity index (χ1) is 8.99. The molecule has 0 aliphatic carbocycles. The standard InChI is InChI=1S/C14H18BrF2NS/c1-3-18-13(14(2)7-4-8-19-14)11-10(16)6-5-9(15)12(11)17/h5-6,13,18H,3-4,7-8H2,1-2H3. The molecule has 0 radical (unpaired) electrons. The summed E-state index contributed by atoms with van der Waals surface area (Å²) in [4.78, 5) is 0. The zero-order valence-corrected chi connectivity index (χ0v) is 13.5. The third kappa shape index (κ3) is 2.98. The van der Waals surface area contributed by atoms with Crippen molar-refractivity contribution in [2.24, 2.45) is 0 Å². The molecule has 0 spiro atoms. The molecule has 0 saturated carbocycles.